The van der Waals surface area contributed by atoms with Gasteiger partial charge in [0.2, 0.25) is 27.7 Å². The summed E-state index contributed by atoms with van der Waals surface area (Å²) >= 11 is 0. The molecule has 0 aromatic carbocycles. The fourth-order valence-electron chi connectivity index (χ4n) is 4.97. The lowest BCUT2D eigenvalue weighted by molar-refractivity contribution is -0.141. The van der Waals surface area contributed by atoms with Gasteiger partial charge in [-0.05, 0) is 26.7 Å². The highest BCUT2D eigenvalue weighted by Crippen LogP contribution is 2.38. The molecule has 1 aromatic heterocycles. The molecular formula is C20H28N4O6S. The minimum Gasteiger partial charge on any atom is -0.360 e. The highest BCUT2D eigenvalue weighted by molar-refractivity contribution is 7.89. The minimum atomic E-state index is -3.74. The van der Waals surface area contributed by atoms with E-state index in [1.807, 2.05) is 0 Å². The number of piperazine rings is 1. The van der Waals surface area contributed by atoms with Gasteiger partial charge in [0.05, 0.1) is 11.8 Å². The van der Waals surface area contributed by atoms with Crippen molar-refractivity contribution in [2.75, 3.05) is 32.7 Å². The SMILES string of the molecule is Cc1noc(C)c1S(=O)(=O)N1CCN(C(=O)CCN2C(=O)[C@H]3CCCC[C@H]3C2=O)CC1. The Kier molecular flexibility index (Phi) is 5.91. The van der Waals surface area contributed by atoms with Gasteiger partial charge in [0, 0.05) is 39.1 Å². The van der Waals surface area contributed by atoms with Gasteiger partial charge in [-0.1, -0.05) is 18.0 Å². The topological polar surface area (TPSA) is 121 Å². The average molecular weight is 453 g/mol. The van der Waals surface area contributed by atoms with Crippen LogP contribution in [0.1, 0.15) is 43.6 Å². The summed E-state index contributed by atoms with van der Waals surface area (Å²) in [5, 5.41) is 3.72. The van der Waals surface area contributed by atoms with E-state index in [1.54, 1.807) is 18.7 Å². The first-order valence-corrected chi connectivity index (χ1v) is 12.2. The van der Waals surface area contributed by atoms with Crippen LogP contribution in [0.2, 0.25) is 0 Å². The van der Waals surface area contributed by atoms with Crippen LogP contribution in [0.25, 0.3) is 0 Å². The summed E-state index contributed by atoms with van der Waals surface area (Å²) in [4.78, 5) is 40.7. The first-order chi connectivity index (χ1) is 14.7. The van der Waals surface area contributed by atoms with E-state index in [-0.39, 0.29) is 79.4 Å². The largest absolute Gasteiger partial charge is 0.360 e. The van der Waals surface area contributed by atoms with Gasteiger partial charge in [-0.25, -0.2) is 8.42 Å². The molecule has 11 heteroatoms. The molecule has 3 aliphatic rings. The maximum atomic E-state index is 12.9. The number of aryl methyl sites for hydroxylation is 2. The van der Waals surface area contributed by atoms with Gasteiger partial charge in [0.1, 0.15) is 10.6 Å². The summed E-state index contributed by atoms with van der Waals surface area (Å²) in [7, 11) is -3.74. The number of rotatable bonds is 5. The molecule has 2 saturated heterocycles. The zero-order chi connectivity index (χ0) is 22.3. The molecule has 2 aliphatic heterocycles. The Balaban J connectivity index is 1.32. The number of amides is 3. The standard InChI is InChI=1S/C20H28N4O6S/c1-13-18(14(2)30-21-13)31(28,29)23-11-9-22(10-12-23)17(25)7-8-24-19(26)15-5-3-4-6-16(15)20(24)27/h15-16H,3-12H2,1-2H3/t15-,16+. The lowest BCUT2D eigenvalue weighted by Crippen LogP contribution is -2.51. The molecule has 0 bridgehead atoms. The summed E-state index contributed by atoms with van der Waals surface area (Å²) in [6, 6.07) is 0. The molecular weight excluding hydrogens is 424 g/mol. The summed E-state index contributed by atoms with van der Waals surface area (Å²) in [6.45, 7) is 4.10. The third kappa shape index (κ3) is 3.89. The highest BCUT2D eigenvalue weighted by atomic mass is 32.2. The fourth-order valence-corrected chi connectivity index (χ4v) is 6.68. The van der Waals surface area contributed by atoms with Crippen LogP contribution in [0, 0.1) is 25.7 Å². The lowest BCUT2D eigenvalue weighted by Gasteiger charge is -2.34. The molecule has 3 fully saturated rings. The van der Waals surface area contributed by atoms with E-state index in [0.29, 0.717) is 5.69 Å². The van der Waals surface area contributed by atoms with Crippen LogP contribution in [-0.2, 0) is 24.4 Å². The quantitative estimate of drug-likeness (QED) is 0.603. The number of hydrogen-bond donors (Lipinski definition) is 0. The van der Waals surface area contributed by atoms with Gasteiger partial charge in [0.15, 0.2) is 5.76 Å². The van der Waals surface area contributed by atoms with Crippen molar-refractivity contribution in [2.45, 2.75) is 50.8 Å². The van der Waals surface area contributed by atoms with Gasteiger partial charge >= 0.3 is 0 Å². The molecule has 0 N–H and O–H groups in total. The number of carbonyl (C=O) groups is 3. The Morgan fingerprint density at radius 2 is 1.61 bits per heavy atom. The normalized spacial score (nSPS) is 25.2. The lowest BCUT2D eigenvalue weighted by atomic mass is 9.81. The first kappa shape index (κ1) is 21.9. The smallest absolute Gasteiger partial charge is 0.248 e. The van der Waals surface area contributed by atoms with E-state index in [1.165, 1.54) is 9.21 Å². The van der Waals surface area contributed by atoms with E-state index in [4.69, 9.17) is 4.52 Å². The molecule has 1 aliphatic carbocycles. The molecule has 1 aromatic rings. The molecule has 31 heavy (non-hydrogen) atoms. The van der Waals surface area contributed by atoms with Crippen molar-refractivity contribution in [3.05, 3.63) is 11.5 Å². The van der Waals surface area contributed by atoms with Crippen LogP contribution >= 0.6 is 0 Å². The number of fused-ring (bicyclic) bond motifs is 1. The maximum Gasteiger partial charge on any atom is 0.248 e. The highest BCUT2D eigenvalue weighted by Gasteiger charge is 2.48. The molecule has 10 nitrogen and oxygen atoms in total. The van der Waals surface area contributed by atoms with E-state index >= 15 is 0 Å². The molecule has 0 unspecified atom stereocenters. The van der Waals surface area contributed by atoms with Crippen LogP contribution in [0.4, 0.5) is 0 Å². The van der Waals surface area contributed by atoms with Crippen LogP contribution < -0.4 is 0 Å². The van der Waals surface area contributed by atoms with Gasteiger partial charge in [-0.15, -0.1) is 0 Å². The van der Waals surface area contributed by atoms with Crippen molar-refractivity contribution < 1.29 is 27.3 Å². The summed E-state index contributed by atoms with van der Waals surface area (Å²) in [5.41, 5.74) is 0.316. The number of imide groups is 1. The van der Waals surface area contributed by atoms with Crippen LogP contribution in [0.5, 0.6) is 0 Å². The zero-order valence-corrected chi connectivity index (χ0v) is 18.7. The fraction of sp³-hybridized carbons (Fsp3) is 0.700. The van der Waals surface area contributed by atoms with E-state index in [2.05, 4.69) is 5.16 Å². The second-order valence-electron chi connectivity index (χ2n) is 8.51. The maximum absolute atomic E-state index is 12.9. The Hall–Kier alpha value is -2.27. The van der Waals surface area contributed by atoms with E-state index in [9.17, 15) is 22.8 Å². The molecule has 1 saturated carbocycles. The third-order valence-corrected chi connectivity index (χ3v) is 8.78. The number of nitrogens with zero attached hydrogens (tertiary/aromatic N) is 4. The molecule has 3 heterocycles. The second-order valence-corrected chi connectivity index (χ2v) is 10.4. The van der Waals surface area contributed by atoms with Crippen molar-refractivity contribution in [1.82, 2.24) is 19.3 Å². The molecule has 3 amide bonds. The van der Waals surface area contributed by atoms with Gasteiger partial charge < -0.3 is 9.42 Å². The van der Waals surface area contributed by atoms with Gasteiger partial charge in [-0.3, -0.25) is 19.3 Å². The molecule has 0 spiro atoms. The average Bonchev–Trinajstić information content (AvgIpc) is 3.23. The zero-order valence-electron chi connectivity index (χ0n) is 17.9. The predicted octanol–water partition coefficient (Wildman–Crippen LogP) is 0.690. The van der Waals surface area contributed by atoms with Gasteiger partial charge in [-0.2, -0.15) is 4.31 Å². The molecule has 0 radical (unpaired) electrons. The van der Waals surface area contributed by atoms with Crippen molar-refractivity contribution in [1.29, 1.82) is 0 Å². The number of sulfonamides is 1. The van der Waals surface area contributed by atoms with Crippen molar-refractivity contribution in [3.63, 3.8) is 0 Å². The van der Waals surface area contributed by atoms with Crippen molar-refractivity contribution in [2.24, 2.45) is 11.8 Å². The third-order valence-electron chi connectivity index (χ3n) is 6.64. The minimum absolute atomic E-state index is 0.0630. The molecule has 4 rings (SSSR count). The summed E-state index contributed by atoms with van der Waals surface area (Å²) in [6.07, 6.45) is 3.50. The van der Waals surface area contributed by atoms with Crippen molar-refractivity contribution >= 4 is 27.7 Å². The Bertz CT molecular complexity index is 952. The number of likely N-dealkylation sites (tertiary alicyclic amines) is 1. The van der Waals surface area contributed by atoms with Crippen LogP contribution in [0.15, 0.2) is 9.42 Å². The summed E-state index contributed by atoms with van der Waals surface area (Å²) < 4.78 is 32.1. The van der Waals surface area contributed by atoms with Crippen LogP contribution in [-0.4, -0.2) is 78.1 Å². The predicted molar refractivity (Wildman–Crippen MR) is 108 cm³/mol. The van der Waals surface area contributed by atoms with E-state index in [0.717, 1.165) is 25.7 Å². The second kappa shape index (κ2) is 8.34. The van der Waals surface area contributed by atoms with Crippen LogP contribution in [0.3, 0.4) is 0 Å². The first-order valence-electron chi connectivity index (χ1n) is 10.8. The monoisotopic (exact) mass is 452 g/mol. The Morgan fingerprint density at radius 1 is 1.03 bits per heavy atom. The van der Waals surface area contributed by atoms with Gasteiger partial charge in [0.25, 0.3) is 0 Å². The number of hydrogen-bond acceptors (Lipinski definition) is 7. The van der Waals surface area contributed by atoms with Crippen molar-refractivity contribution in [3.8, 4) is 0 Å². The Labute approximate surface area is 181 Å². The number of aromatic nitrogens is 1. The van der Waals surface area contributed by atoms with E-state index < -0.39 is 10.0 Å². The number of carbonyl (C=O) groups excluding carboxylic acids is 3. The molecule has 170 valence electrons. The summed E-state index contributed by atoms with van der Waals surface area (Å²) in [5.74, 6) is -0.638. The Morgan fingerprint density at radius 3 is 2.13 bits per heavy atom. The molecule has 2 atom stereocenters.